The predicted molar refractivity (Wildman–Crippen MR) is 118 cm³/mol. The molecule has 2 nitrogen and oxygen atoms in total. The fourth-order valence-corrected chi connectivity index (χ4v) is 4.46. The molecule has 1 atom stereocenters. The van der Waals surface area contributed by atoms with E-state index in [0.717, 1.165) is 33.2 Å². The Hall–Kier alpha value is -3.00. The lowest BCUT2D eigenvalue weighted by atomic mass is 9.80. The molecule has 3 aliphatic carbocycles. The molecule has 5 rings (SSSR count). The number of benzene rings is 2. The van der Waals surface area contributed by atoms with Crippen LogP contribution in [0, 0.1) is 10.4 Å². The monoisotopic (exact) mass is 382 g/mol. The highest BCUT2D eigenvalue weighted by Gasteiger charge is 2.25. The molecule has 3 aliphatic rings. The maximum Gasteiger partial charge on any atom is 0.159 e. The standard InChI is InChI=1S/C21H18O2.C6H8/c1-12-15-7-8-18-16-6-4-3-5-14(16)11-19(13(2)22)21(18)17(15)9-10-20(12)23;1-2-4-6-5-3-1/h3-8,11,19H,9-10H2,1-2H3;1-4H,5-6H2. The quantitative estimate of drug-likeness (QED) is 0.747. The summed E-state index contributed by atoms with van der Waals surface area (Å²) in [7, 11) is 0. The minimum absolute atomic E-state index is 0.156. The predicted octanol–water partition coefficient (Wildman–Crippen LogP) is 4.02. The van der Waals surface area contributed by atoms with Gasteiger partial charge in [-0.05, 0) is 70.7 Å². The molecule has 1 unspecified atom stereocenters. The average Bonchev–Trinajstić information content (AvgIpc) is 2.77. The van der Waals surface area contributed by atoms with Crippen molar-refractivity contribution in [1.29, 1.82) is 0 Å². The van der Waals surface area contributed by atoms with Crippen LogP contribution >= 0.6 is 0 Å². The van der Waals surface area contributed by atoms with Crippen LogP contribution in [0.15, 0.2) is 60.7 Å². The van der Waals surface area contributed by atoms with E-state index in [2.05, 4.69) is 54.6 Å². The minimum Gasteiger partial charge on any atom is -0.299 e. The van der Waals surface area contributed by atoms with Gasteiger partial charge in [-0.15, -0.1) is 0 Å². The first kappa shape index (κ1) is 19.3. The van der Waals surface area contributed by atoms with Crippen LogP contribution in [0.25, 0.3) is 11.6 Å². The summed E-state index contributed by atoms with van der Waals surface area (Å²) in [4.78, 5) is 24.3. The number of hydrogen-bond acceptors (Lipinski definition) is 2. The van der Waals surface area contributed by atoms with Crippen molar-refractivity contribution >= 4 is 23.2 Å². The van der Waals surface area contributed by atoms with Gasteiger partial charge in [-0.1, -0.05) is 66.8 Å². The van der Waals surface area contributed by atoms with Gasteiger partial charge in [0.15, 0.2) is 5.78 Å². The molecule has 0 bridgehead atoms. The lowest BCUT2D eigenvalue weighted by Crippen LogP contribution is -2.28. The summed E-state index contributed by atoms with van der Waals surface area (Å²) in [5.74, 6) is 0.163. The van der Waals surface area contributed by atoms with Crippen molar-refractivity contribution in [1.82, 2.24) is 0 Å². The number of Topliss-reactive ketones (excluding diaryl/α,β-unsaturated/α-hetero) is 2. The lowest BCUT2D eigenvalue weighted by Gasteiger charge is -2.23. The Bertz CT molecular complexity index is 1250. The van der Waals surface area contributed by atoms with E-state index in [1.165, 1.54) is 23.6 Å². The smallest absolute Gasteiger partial charge is 0.159 e. The van der Waals surface area contributed by atoms with Crippen LogP contribution in [0.5, 0.6) is 0 Å². The van der Waals surface area contributed by atoms with Gasteiger partial charge in [-0.2, -0.15) is 0 Å². The van der Waals surface area contributed by atoms with Crippen LogP contribution in [-0.4, -0.2) is 11.6 Å². The molecule has 0 radical (unpaired) electrons. The second-order valence-electron chi connectivity index (χ2n) is 7.88. The molecule has 0 heterocycles. The number of carbonyl (C=O) groups excluding carboxylic acids is 2. The molecule has 0 aromatic heterocycles. The Balaban J connectivity index is 0.000000294. The summed E-state index contributed by atoms with van der Waals surface area (Å²) >= 11 is 0. The van der Waals surface area contributed by atoms with Crippen molar-refractivity contribution in [3.8, 4) is 0 Å². The maximum atomic E-state index is 12.3. The van der Waals surface area contributed by atoms with Gasteiger partial charge >= 0.3 is 0 Å². The normalized spacial score (nSPS) is 18.6. The molecule has 2 aromatic carbocycles. The highest BCUT2D eigenvalue weighted by Crippen LogP contribution is 2.27. The molecule has 0 spiro atoms. The van der Waals surface area contributed by atoms with Gasteiger partial charge in [-0.25, -0.2) is 0 Å². The van der Waals surface area contributed by atoms with Gasteiger partial charge in [0.25, 0.3) is 0 Å². The van der Waals surface area contributed by atoms with Crippen LogP contribution in [-0.2, 0) is 16.0 Å². The Morgan fingerprint density at radius 1 is 0.897 bits per heavy atom. The first-order chi connectivity index (χ1) is 14.1. The fraction of sp³-hybridized carbons (Fsp3) is 0.259. The fourth-order valence-electron chi connectivity index (χ4n) is 4.46. The van der Waals surface area contributed by atoms with Crippen molar-refractivity contribution in [3.05, 3.63) is 92.7 Å². The third-order valence-electron chi connectivity index (χ3n) is 6.01. The first-order valence-electron chi connectivity index (χ1n) is 10.4. The second kappa shape index (κ2) is 8.16. The third kappa shape index (κ3) is 3.67. The molecule has 0 saturated heterocycles. The zero-order valence-electron chi connectivity index (χ0n) is 17.1. The summed E-state index contributed by atoms with van der Waals surface area (Å²) in [6.07, 6.45) is 14.3. The van der Waals surface area contributed by atoms with Crippen LogP contribution in [0.1, 0.15) is 50.2 Å². The van der Waals surface area contributed by atoms with Crippen molar-refractivity contribution < 1.29 is 9.59 Å². The highest BCUT2D eigenvalue weighted by atomic mass is 16.1. The van der Waals surface area contributed by atoms with Gasteiger partial charge in [0.2, 0.25) is 0 Å². The Morgan fingerprint density at radius 2 is 1.59 bits per heavy atom. The molecule has 29 heavy (non-hydrogen) atoms. The lowest BCUT2D eigenvalue weighted by molar-refractivity contribution is -0.117. The zero-order valence-corrected chi connectivity index (χ0v) is 17.1. The van der Waals surface area contributed by atoms with Crippen molar-refractivity contribution in [3.63, 3.8) is 0 Å². The first-order valence-corrected chi connectivity index (χ1v) is 10.4. The van der Waals surface area contributed by atoms with Gasteiger partial charge in [0, 0.05) is 6.42 Å². The number of allylic oxidation sites excluding steroid dienone is 4. The van der Waals surface area contributed by atoms with E-state index in [9.17, 15) is 9.59 Å². The van der Waals surface area contributed by atoms with Crippen molar-refractivity contribution in [2.24, 2.45) is 0 Å². The van der Waals surface area contributed by atoms with E-state index in [4.69, 9.17) is 0 Å². The Labute approximate surface area is 171 Å². The maximum absolute atomic E-state index is 12.3. The molecule has 0 aliphatic heterocycles. The summed E-state index contributed by atoms with van der Waals surface area (Å²) in [5.41, 5.74) is 3.13. The molecule has 0 saturated carbocycles. The van der Waals surface area contributed by atoms with E-state index in [0.29, 0.717) is 6.42 Å². The number of carbonyl (C=O) groups is 2. The van der Waals surface area contributed by atoms with Crippen molar-refractivity contribution in [2.45, 2.75) is 45.4 Å². The molecule has 0 N–H and O–H groups in total. The molecular formula is C27H26O2. The van der Waals surface area contributed by atoms with Crippen LogP contribution < -0.4 is 10.4 Å². The topological polar surface area (TPSA) is 34.1 Å². The van der Waals surface area contributed by atoms with E-state index in [1.54, 1.807) is 6.92 Å². The van der Waals surface area contributed by atoms with Crippen LogP contribution in [0.2, 0.25) is 0 Å². The van der Waals surface area contributed by atoms with E-state index in [1.807, 2.05) is 19.1 Å². The highest BCUT2D eigenvalue weighted by molar-refractivity contribution is 6.15. The average molecular weight is 383 g/mol. The van der Waals surface area contributed by atoms with Gasteiger partial charge in [-0.3, -0.25) is 9.59 Å². The number of hydrogen-bond donors (Lipinski definition) is 0. The Kier molecular flexibility index (Phi) is 5.44. The molecule has 0 fully saturated rings. The number of rotatable bonds is 1. The summed E-state index contributed by atoms with van der Waals surface area (Å²) in [6, 6.07) is 12.3. The second-order valence-corrected chi connectivity index (χ2v) is 7.88. The Morgan fingerprint density at radius 3 is 2.24 bits per heavy atom. The zero-order chi connectivity index (χ0) is 20.4. The van der Waals surface area contributed by atoms with Crippen LogP contribution in [0.3, 0.4) is 0 Å². The van der Waals surface area contributed by atoms with Crippen LogP contribution in [0.4, 0.5) is 0 Å². The third-order valence-corrected chi connectivity index (χ3v) is 6.01. The van der Waals surface area contributed by atoms with Gasteiger partial charge < -0.3 is 0 Å². The molecule has 0 amide bonds. The minimum atomic E-state index is -0.212. The van der Waals surface area contributed by atoms with E-state index < -0.39 is 0 Å². The van der Waals surface area contributed by atoms with E-state index in [-0.39, 0.29) is 17.5 Å². The summed E-state index contributed by atoms with van der Waals surface area (Å²) in [6.45, 7) is 3.55. The largest absolute Gasteiger partial charge is 0.299 e. The summed E-state index contributed by atoms with van der Waals surface area (Å²) in [5, 5.41) is 4.47. The summed E-state index contributed by atoms with van der Waals surface area (Å²) < 4.78 is 0. The van der Waals surface area contributed by atoms with Gasteiger partial charge in [0.05, 0.1) is 5.92 Å². The van der Waals surface area contributed by atoms with E-state index >= 15 is 0 Å². The molecule has 146 valence electrons. The molecular weight excluding hydrogens is 356 g/mol. The molecule has 2 heteroatoms. The SMILES string of the molecule is C1=CCCC=C1.CC(=O)C1C=c2ccccc2=c2ccc3c(c21)CCC(=O)C=3C. The van der Waals surface area contributed by atoms with Crippen molar-refractivity contribution in [2.75, 3.05) is 0 Å². The number of fused-ring (bicyclic) bond motifs is 4. The number of ketones is 2. The van der Waals surface area contributed by atoms with Gasteiger partial charge in [0.1, 0.15) is 5.78 Å². The molecule has 2 aromatic rings.